The highest BCUT2D eigenvalue weighted by Crippen LogP contribution is 2.15. The van der Waals surface area contributed by atoms with Gasteiger partial charge in [0.1, 0.15) is 0 Å². The van der Waals surface area contributed by atoms with Gasteiger partial charge < -0.3 is 15.2 Å². The zero-order chi connectivity index (χ0) is 18.5. The first-order valence-electron chi connectivity index (χ1n) is 8.70. The predicted octanol–water partition coefficient (Wildman–Crippen LogP) is 0.952. The van der Waals surface area contributed by atoms with Gasteiger partial charge in [-0.3, -0.25) is 14.5 Å². The maximum absolute atomic E-state index is 12.3. The van der Waals surface area contributed by atoms with Crippen LogP contribution in [0, 0.1) is 0 Å². The highest BCUT2D eigenvalue weighted by molar-refractivity contribution is 5.88. The van der Waals surface area contributed by atoms with Crippen molar-refractivity contribution in [2.75, 3.05) is 13.1 Å². The van der Waals surface area contributed by atoms with Gasteiger partial charge in [0.05, 0.1) is 12.5 Å². The molecule has 2 N–H and O–H groups in total. The van der Waals surface area contributed by atoms with Crippen LogP contribution in [0.2, 0.25) is 0 Å². The van der Waals surface area contributed by atoms with Crippen LogP contribution in [0.15, 0.2) is 35.2 Å². The van der Waals surface area contributed by atoms with Gasteiger partial charge in [-0.1, -0.05) is 29.4 Å². The Morgan fingerprint density at radius 3 is 2.81 bits per heavy atom. The third-order valence-electron chi connectivity index (χ3n) is 4.48. The second-order valence-corrected chi connectivity index (χ2v) is 6.57. The Balaban J connectivity index is 1.54. The summed E-state index contributed by atoms with van der Waals surface area (Å²) in [5.41, 5.74) is 1.81. The Hall–Kier alpha value is -2.74. The summed E-state index contributed by atoms with van der Waals surface area (Å²) in [5.74, 6) is 0.308. The molecule has 8 nitrogen and oxygen atoms in total. The number of benzene rings is 1. The van der Waals surface area contributed by atoms with E-state index in [1.807, 2.05) is 38.1 Å². The van der Waals surface area contributed by atoms with E-state index in [-0.39, 0.29) is 24.3 Å². The molecule has 0 bridgehead atoms. The van der Waals surface area contributed by atoms with Crippen LogP contribution in [-0.4, -0.2) is 52.0 Å². The van der Waals surface area contributed by atoms with Crippen LogP contribution in [0.5, 0.6) is 0 Å². The lowest BCUT2D eigenvalue weighted by Crippen LogP contribution is -2.58. The number of amides is 2. The second-order valence-electron chi connectivity index (χ2n) is 6.57. The summed E-state index contributed by atoms with van der Waals surface area (Å²) in [6.45, 7) is 5.87. The highest BCUT2D eigenvalue weighted by Gasteiger charge is 2.32. The van der Waals surface area contributed by atoms with Crippen molar-refractivity contribution in [3.63, 3.8) is 0 Å². The number of piperazine rings is 1. The summed E-state index contributed by atoms with van der Waals surface area (Å²) in [6, 6.07) is 7.36. The summed E-state index contributed by atoms with van der Waals surface area (Å²) in [6.07, 6.45) is 1.44. The Kier molecular flexibility index (Phi) is 5.62. The van der Waals surface area contributed by atoms with Gasteiger partial charge in [0.15, 0.2) is 0 Å². The summed E-state index contributed by atoms with van der Waals surface area (Å²) >= 11 is 0. The van der Waals surface area contributed by atoms with Crippen molar-refractivity contribution in [3.05, 3.63) is 36.2 Å². The van der Waals surface area contributed by atoms with E-state index in [1.54, 1.807) is 0 Å². The molecule has 2 heterocycles. The normalized spacial score (nSPS) is 18.0. The Labute approximate surface area is 151 Å². The molecule has 1 aliphatic heterocycles. The molecule has 138 valence electrons. The minimum Gasteiger partial charge on any atom is -0.353 e. The lowest BCUT2D eigenvalue weighted by Gasteiger charge is -2.37. The first-order chi connectivity index (χ1) is 12.5. The minimum atomic E-state index is -0.413. The molecule has 0 spiro atoms. The number of nitrogens with one attached hydrogen (secondary N) is 2. The molecule has 0 unspecified atom stereocenters. The van der Waals surface area contributed by atoms with Crippen molar-refractivity contribution in [1.29, 1.82) is 0 Å². The average Bonchev–Trinajstić information content (AvgIpc) is 3.16. The molecule has 0 radical (unpaired) electrons. The molecule has 1 aromatic heterocycles. The van der Waals surface area contributed by atoms with Crippen LogP contribution in [-0.2, 0) is 16.1 Å². The average molecular weight is 357 g/mol. The Morgan fingerprint density at radius 2 is 2.15 bits per heavy atom. The van der Waals surface area contributed by atoms with E-state index in [0.29, 0.717) is 18.9 Å². The zero-order valence-corrected chi connectivity index (χ0v) is 14.9. The van der Waals surface area contributed by atoms with Crippen LogP contribution in [0.25, 0.3) is 11.4 Å². The van der Waals surface area contributed by atoms with Crippen molar-refractivity contribution in [2.45, 2.75) is 38.9 Å². The number of aromatic nitrogens is 2. The second kappa shape index (κ2) is 8.09. The highest BCUT2D eigenvalue weighted by atomic mass is 16.5. The number of rotatable bonds is 6. The topological polar surface area (TPSA) is 100 Å². The van der Waals surface area contributed by atoms with E-state index in [9.17, 15) is 9.59 Å². The Morgan fingerprint density at radius 1 is 1.38 bits per heavy atom. The smallest absolute Gasteiger partial charge is 0.237 e. The first-order valence-corrected chi connectivity index (χ1v) is 8.70. The quantitative estimate of drug-likeness (QED) is 0.798. The first kappa shape index (κ1) is 18.1. The Bertz CT molecular complexity index is 743. The predicted molar refractivity (Wildman–Crippen MR) is 94.8 cm³/mol. The summed E-state index contributed by atoms with van der Waals surface area (Å²) in [5, 5.41) is 9.51. The van der Waals surface area contributed by atoms with E-state index >= 15 is 0 Å². The molecular weight excluding hydrogens is 334 g/mol. The molecule has 8 heteroatoms. The van der Waals surface area contributed by atoms with Crippen LogP contribution in [0.3, 0.4) is 0 Å². The van der Waals surface area contributed by atoms with E-state index in [1.165, 1.54) is 6.39 Å². The van der Waals surface area contributed by atoms with Crippen molar-refractivity contribution < 1.29 is 14.1 Å². The van der Waals surface area contributed by atoms with Gasteiger partial charge in [-0.05, 0) is 19.4 Å². The third kappa shape index (κ3) is 4.26. The minimum absolute atomic E-state index is 0.0791. The molecule has 2 aromatic rings. The van der Waals surface area contributed by atoms with Gasteiger partial charge in [-0.15, -0.1) is 0 Å². The molecule has 0 saturated carbocycles. The van der Waals surface area contributed by atoms with Crippen molar-refractivity contribution >= 4 is 11.8 Å². The van der Waals surface area contributed by atoms with Crippen molar-refractivity contribution in [2.24, 2.45) is 0 Å². The van der Waals surface area contributed by atoms with Gasteiger partial charge >= 0.3 is 0 Å². The van der Waals surface area contributed by atoms with Crippen molar-refractivity contribution in [1.82, 2.24) is 25.7 Å². The third-order valence-corrected chi connectivity index (χ3v) is 4.48. The lowest BCUT2D eigenvalue weighted by molar-refractivity contribution is -0.134. The van der Waals surface area contributed by atoms with Crippen molar-refractivity contribution in [3.8, 4) is 11.4 Å². The lowest BCUT2D eigenvalue weighted by atomic mass is 10.1. The number of hydrogen-bond acceptors (Lipinski definition) is 6. The van der Waals surface area contributed by atoms with Gasteiger partial charge in [0.2, 0.25) is 24.0 Å². The van der Waals surface area contributed by atoms with Crippen LogP contribution in [0.1, 0.15) is 25.8 Å². The fourth-order valence-corrected chi connectivity index (χ4v) is 3.08. The summed E-state index contributed by atoms with van der Waals surface area (Å²) < 4.78 is 4.73. The van der Waals surface area contributed by atoms with E-state index in [4.69, 9.17) is 4.52 Å². The van der Waals surface area contributed by atoms with E-state index in [0.717, 1.165) is 17.7 Å². The fraction of sp³-hybridized carbons (Fsp3) is 0.444. The zero-order valence-electron chi connectivity index (χ0n) is 14.9. The maximum atomic E-state index is 12.3. The van der Waals surface area contributed by atoms with Gasteiger partial charge in [0.25, 0.3) is 0 Å². The monoisotopic (exact) mass is 357 g/mol. The van der Waals surface area contributed by atoms with E-state index < -0.39 is 6.04 Å². The molecule has 2 amide bonds. The molecular formula is C18H23N5O3. The largest absolute Gasteiger partial charge is 0.353 e. The van der Waals surface area contributed by atoms with E-state index in [2.05, 4.69) is 25.7 Å². The molecule has 3 rings (SSSR count). The molecule has 1 aliphatic rings. The number of hydrogen-bond donors (Lipinski definition) is 2. The van der Waals surface area contributed by atoms with Gasteiger partial charge in [-0.2, -0.15) is 4.98 Å². The molecule has 1 fully saturated rings. The van der Waals surface area contributed by atoms with Crippen LogP contribution < -0.4 is 10.6 Å². The summed E-state index contributed by atoms with van der Waals surface area (Å²) in [7, 11) is 0. The van der Waals surface area contributed by atoms with Crippen LogP contribution in [0.4, 0.5) is 0 Å². The SMILES string of the molecule is CC(C)N1CCNC(=O)[C@H]1CC(=O)NCc1ccc(-c2ncon2)cc1. The van der Waals surface area contributed by atoms with Gasteiger partial charge in [0, 0.05) is 31.2 Å². The molecule has 1 aromatic carbocycles. The fourth-order valence-electron chi connectivity index (χ4n) is 3.08. The molecule has 1 saturated heterocycles. The maximum Gasteiger partial charge on any atom is 0.237 e. The number of carbonyl (C=O) groups excluding carboxylic acids is 2. The van der Waals surface area contributed by atoms with Crippen LogP contribution >= 0.6 is 0 Å². The molecule has 26 heavy (non-hydrogen) atoms. The standard InChI is InChI=1S/C18H23N5O3/c1-12(2)23-8-7-19-18(25)15(23)9-16(24)20-10-13-3-5-14(6-4-13)17-21-11-26-22-17/h3-6,11-12,15H,7-10H2,1-2H3,(H,19,25)(H,20,24)/t15-/m1/s1. The summed E-state index contributed by atoms with van der Waals surface area (Å²) in [4.78, 5) is 30.5. The number of carbonyl (C=O) groups is 2. The van der Waals surface area contributed by atoms with Gasteiger partial charge in [-0.25, -0.2) is 0 Å². The molecule has 1 atom stereocenters. The number of nitrogens with zero attached hydrogens (tertiary/aromatic N) is 3. The molecule has 0 aliphatic carbocycles.